The van der Waals surface area contributed by atoms with Crippen LogP contribution in [0.4, 0.5) is 0 Å². The third-order valence-electron chi connectivity index (χ3n) is 5.22. The lowest BCUT2D eigenvalue weighted by molar-refractivity contribution is 0.543. The Hall–Kier alpha value is -2.74. The molecule has 8 heteroatoms. The number of imidazole rings is 1. The zero-order valence-electron chi connectivity index (χ0n) is 17.7. The van der Waals surface area contributed by atoms with Gasteiger partial charge in [0, 0.05) is 19.6 Å². The van der Waals surface area contributed by atoms with Gasteiger partial charge in [0.05, 0.1) is 10.2 Å². The number of hydrogen-bond acceptors (Lipinski definition) is 5. The van der Waals surface area contributed by atoms with Gasteiger partial charge in [-0.05, 0) is 31.4 Å². The highest BCUT2D eigenvalue weighted by atomic mass is 32.1. The first-order valence-electron chi connectivity index (χ1n) is 10.7. The number of aromatic nitrogens is 5. The third-order valence-corrected chi connectivity index (χ3v) is 6.25. The lowest BCUT2D eigenvalue weighted by atomic mass is 10.3. The van der Waals surface area contributed by atoms with Gasteiger partial charge in [0.25, 0.3) is 5.56 Å². The van der Waals surface area contributed by atoms with Crippen LogP contribution in [0, 0.1) is 0 Å². The van der Waals surface area contributed by atoms with Gasteiger partial charge in [-0.25, -0.2) is 14.8 Å². The number of thiazole rings is 1. The molecular weight excluding hydrogens is 398 g/mol. The molecule has 3 aromatic heterocycles. The Morgan fingerprint density at radius 3 is 2.30 bits per heavy atom. The summed E-state index contributed by atoms with van der Waals surface area (Å²) in [4.78, 5) is 35.9. The second-order valence-electron chi connectivity index (χ2n) is 7.49. The molecule has 4 aromatic rings. The Morgan fingerprint density at radius 2 is 1.60 bits per heavy atom. The number of fused-ring (bicyclic) bond motifs is 2. The Bertz CT molecular complexity index is 1280. The summed E-state index contributed by atoms with van der Waals surface area (Å²) in [5.74, 6) is 0.676. The van der Waals surface area contributed by atoms with E-state index in [4.69, 9.17) is 9.97 Å². The minimum atomic E-state index is -0.304. The highest BCUT2D eigenvalue weighted by Crippen LogP contribution is 2.31. The summed E-state index contributed by atoms with van der Waals surface area (Å²) in [6.45, 7) is 7.77. The summed E-state index contributed by atoms with van der Waals surface area (Å²) in [5.41, 5.74) is 1.36. The minimum absolute atomic E-state index is 0.246. The van der Waals surface area contributed by atoms with Gasteiger partial charge in [0.2, 0.25) is 0 Å². The van der Waals surface area contributed by atoms with Gasteiger partial charge in [-0.15, -0.1) is 11.3 Å². The zero-order valence-corrected chi connectivity index (χ0v) is 18.5. The van der Waals surface area contributed by atoms with Crippen LogP contribution >= 0.6 is 11.3 Å². The van der Waals surface area contributed by atoms with Crippen molar-refractivity contribution in [1.29, 1.82) is 0 Å². The van der Waals surface area contributed by atoms with Gasteiger partial charge < -0.3 is 4.57 Å². The lowest BCUT2D eigenvalue weighted by Crippen LogP contribution is -2.40. The van der Waals surface area contributed by atoms with Crippen molar-refractivity contribution in [3.05, 3.63) is 45.1 Å². The Labute approximate surface area is 178 Å². The molecular formula is C22H27N5O2S. The number of rotatable bonds is 8. The van der Waals surface area contributed by atoms with Crippen LogP contribution in [0.1, 0.15) is 46.5 Å². The Balaban J connectivity index is 2.07. The molecule has 7 nitrogen and oxygen atoms in total. The van der Waals surface area contributed by atoms with Gasteiger partial charge in [-0.1, -0.05) is 39.3 Å². The van der Waals surface area contributed by atoms with Crippen molar-refractivity contribution in [2.45, 2.75) is 66.1 Å². The van der Waals surface area contributed by atoms with E-state index in [1.54, 1.807) is 15.9 Å². The highest BCUT2D eigenvalue weighted by Gasteiger charge is 2.23. The Morgan fingerprint density at radius 1 is 0.867 bits per heavy atom. The van der Waals surface area contributed by atoms with E-state index < -0.39 is 0 Å². The first kappa shape index (κ1) is 20.5. The molecule has 0 aliphatic carbocycles. The first-order valence-corrected chi connectivity index (χ1v) is 11.5. The zero-order chi connectivity index (χ0) is 21.3. The largest absolute Gasteiger partial charge is 0.332 e. The topological polar surface area (TPSA) is 74.7 Å². The standard InChI is InChI=1S/C22H27N5O2S/c1-4-7-14-25-18(19-23-15-10-8-9-11-16(15)30-19)24-17-20(25)26(12-5-2)22(29)27(13-6-3)21(17)28/h8-11H,4-7,12-14H2,1-3H3. The molecule has 0 aliphatic heterocycles. The summed E-state index contributed by atoms with van der Waals surface area (Å²) in [6, 6.07) is 7.98. The smallest absolute Gasteiger partial charge is 0.308 e. The van der Waals surface area contributed by atoms with Crippen LogP contribution in [0.15, 0.2) is 33.9 Å². The summed E-state index contributed by atoms with van der Waals surface area (Å²) in [6.07, 6.45) is 3.45. The van der Waals surface area contributed by atoms with E-state index >= 15 is 0 Å². The monoisotopic (exact) mass is 425 g/mol. The molecule has 0 fully saturated rings. The molecule has 0 atom stereocenters. The van der Waals surface area contributed by atoms with Crippen molar-refractivity contribution in [2.75, 3.05) is 0 Å². The predicted octanol–water partition coefficient (Wildman–Crippen LogP) is 4.26. The van der Waals surface area contributed by atoms with Crippen LogP contribution in [0.25, 0.3) is 32.2 Å². The van der Waals surface area contributed by atoms with Gasteiger partial charge in [-0.2, -0.15) is 0 Å². The van der Waals surface area contributed by atoms with Crippen LogP contribution < -0.4 is 11.2 Å². The van der Waals surface area contributed by atoms with Crippen LogP contribution in [0.2, 0.25) is 0 Å². The first-order chi connectivity index (χ1) is 14.6. The molecule has 158 valence electrons. The maximum atomic E-state index is 13.2. The van der Waals surface area contributed by atoms with E-state index in [2.05, 4.69) is 6.92 Å². The van der Waals surface area contributed by atoms with Crippen molar-refractivity contribution in [3.8, 4) is 10.8 Å². The van der Waals surface area contributed by atoms with E-state index in [1.807, 2.05) is 42.7 Å². The van der Waals surface area contributed by atoms with Crippen LogP contribution in [-0.4, -0.2) is 23.7 Å². The second-order valence-corrected chi connectivity index (χ2v) is 8.52. The molecule has 0 spiro atoms. The van der Waals surface area contributed by atoms with Crippen molar-refractivity contribution in [1.82, 2.24) is 23.7 Å². The molecule has 0 N–H and O–H groups in total. The van der Waals surface area contributed by atoms with Gasteiger partial charge in [0.15, 0.2) is 22.0 Å². The molecule has 1 aromatic carbocycles. The summed E-state index contributed by atoms with van der Waals surface area (Å²) in [5, 5.41) is 0.778. The maximum absolute atomic E-state index is 13.2. The normalized spacial score (nSPS) is 11.7. The summed E-state index contributed by atoms with van der Waals surface area (Å²) >= 11 is 1.57. The fourth-order valence-corrected chi connectivity index (χ4v) is 4.78. The third kappa shape index (κ3) is 3.39. The van der Waals surface area contributed by atoms with E-state index in [1.165, 1.54) is 4.57 Å². The highest BCUT2D eigenvalue weighted by molar-refractivity contribution is 7.21. The number of benzene rings is 1. The molecule has 0 unspecified atom stereocenters. The molecule has 0 amide bonds. The van der Waals surface area contributed by atoms with Crippen LogP contribution in [0.5, 0.6) is 0 Å². The van der Waals surface area contributed by atoms with E-state index in [-0.39, 0.29) is 11.2 Å². The number of nitrogens with zero attached hydrogens (tertiary/aromatic N) is 5. The fraction of sp³-hybridized carbons (Fsp3) is 0.455. The van der Waals surface area contributed by atoms with Crippen molar-refractivity contribution >= 4 is 32.7 Å². The van der Waals surface area contributed by atoms with Crippen molar-refractivity contribution < 1.29 is 0 Å². The lowest BCUT2D eigenvalue weighted by Gasteiger charge is -2.14. The van der Waals surface area contributed by atoms with Gasteiger partial charge in [0.1, 0.15) is 0 Å². The molecule has 3 heterocycles. The average molecular weight is 426 g/mol. The average Bonchev–Trinajstić information content (AvgIpc) is 3.34. The fourth-order valence-electron chi connectivity index (χ4n) is 3.82. The molecule has 0 saturated heterocycles. The molecule has 0 saturated carbocycles. The minimum Gasteiger partial charge on any atom is -0.308 e. The quantitative estimate of drug-likeness (QED) is 0.423. The number of para-hydroxylation sites is 1. The van der Waals surface area contributed by atoms with Crippen molar-refractivity contribution in [2.24, 2.45) is 0 Å². The molecule has 30 heavy (non-hydrogen) atoms. The summed E-state index contributed by atoms with van der Waals surface area (Å²) in [7, 11) is 0. The summed E-state index contributed by atoms with van der Waals surface area (Å²) < 4.78 is 6.17. The van der Waals surface area contributed by atoms with Crippen molar-refractivity contribution in [3.63, 3.8) is 0 Å². The predicted molar refractivity (Wildman–Crippen MR) is 122 cm³/mol. The van der Waals surface area contributed by atoms with E-state index in [0.717, 1.165) is 34.5 Å². The van der Waals surface area contributed by atoms with E-state index in [0.29, 0.717) is 43.0 Å². The Kier molecular flexibility index (Phi) is 5.85. The number of aryl methyl sites for hydroxylation is 2. The van der Waals surface area contributed by atoms with E-state index in [9.17, 15) is 9.59 Å². The number of hydrogen-bond donors (Lipinski definition) is 0. The molecule has 0 aliphatic rings. The molecule has 0 radical (unpaired) electrons. The molecule has 4 rings (SSSR count). The SMILES string of the molecule is CCCCn1c(-c2nc3ccccc3s2)nc2c(=O)n(CCC)c(=O)n(CCC)c21. The number of unbranched alkanes of at least 4 members (excludes halogenated alkanes) is 1. The maximum Gasteiger partial charge on any atom is 0.332 e. The second kappa shape index (κ2) is 8.55. The van der Waals surface area contributed by atoms with Gasteiger partial charge in [-0.3, -0.25) is 13.9 Å². The van der Waals surface area contributed by atoms with Crippen LogP contribution in [0.3, 0.4) is 0 Å². The van der Waals surface area contributed by atoms with Crippen LogP contribution in [-0.2, 0) is 19.6 Å². The van der Waals surface area contributed by atoms with Gasteiger partial charge >= 0.3 is 5.69 Å². The molecule has 0 bridgehead atoms.